The minimum atomic E-state index is -0.935. The van der Waals surface area contributed by atoms with Crippen molar-refractivity contribution in [3.05, 3.63) is 34.9 Å². The molecule has 0 atom stereocenters. The molecule has 5 nitrogen and oxygen atoms in total. The Kier molecular flexibility index (Phi) is 3.94. The maximum absolute atomic E-state index is 12.3. The third kappa shape index (κ3) is 3.24. The molecule has 0 saturated carbocycles. The van der Waals surface area contributed by atoms with Crippen molar-refractivity contribution in [2.45, 2.75) is 52.2 Å². The van der Waals surface area contributed by atoms with Gasteiger partial charge in [0.2, 0.25) is 0 Å². The van der Waals surface area contributed by atoms with Gasteiger partial charge in [0.15, 0.2) is 0 Å². The monoisotopic (exact) mass is 305 g/mol. The molecule has 1 aromatic rings. The molecule has 1 aliphatic rings. The van der Waals surface area contributed by atoms with Crippen LogP contribution in [0.25, 0.3) is 0 Å². The first kappa shape index (κ1) is 16.3. The lowest BCUT2D eigenvalue weighted by Crippen LogP contribution is -2.47. The van der Waals surface area contributed by atoms with Gasteiger partial charge in [0, 0.05) is 18.5 Å². The van der Waals surface area contributed by atoms with Crippen molar-refractivity contribution >= 4 is 12.1 Å². The smallest absolute Gasteiger partial charge is 0.410 e. The minimum Gasteiger partial charge on any atom is -0.478 e. The van der Waals surface area contributed by atoms with Crippen LogP contribution in [0.5, 0.6) is 0 Å². The van der Waals surface area contributed by atoms with Gasteiger partial charge in [-0.25, -0.2) is 9.59 Å². The first-order valence-electron chi connectivity index (χ1n) is 7.35. The minimum absolute atomic E-state index is 0.311. The molecular formula is C17H23NO4. The van der Waals surface area contributed by atoms with E-state index >= 15 is 0 Å². The Bertz CT molecular complexity index is 614. The fourth-order valence-corrected chi connectivity index (χ4v) is 2.98. The van der Waals surface area contributed by atoms with Gasteiger partial charge in [-0.05, 0) is 38.0 Å². The maximum atomic E-state index is 12.3. The number of carboxylic acid groups (broad SMARTS) is 1. The molecule has 2 rings (SSSR count). The highest BCUT2D eigenvalue weighted by molar-refractivity contribution is 5.90. The Labute approximate surface area is 130 Å². The molecule has 0 spiro atoms. The Balaban J connectivity index is 2.38. The van der Waals surface area contributed by atoms with Crippen LogP contribution in [0.2, 0.25) is 0 Å². The molecule has 1 aliphatic heterocycles. The van der Waals surface area contributed by atoms with E-state index in [4.69, 9.17) is 4.74 Å². The molecule has 1 amide bonds. The molecule has 0 radical (unpaired) electrons. The number of hydrogen-bond acceptors (Lipinski definition) is 3. The first-order valence-corrected chi connectivity index (χ1v) is 7.35. The molecule has 0 aliphatic carbocycles. The Morgan fingerprint density at radius 1 is 1.27 bits per heavy atom. The van der Waals surface area contributed by atoms with Crippen LogP contribution in [0, 0.1) is 0 Å². The summed E-state index contributed by atoms with van der Waals surface area (Å²) in [7, 11) is 0. The van der Waals surface area contributed by atoms with Crippen molar-refractivity contribution in [3.63, 3.8) is 0 Å². The van der Waals surface area contributed by atoms with Crippen molar-refractivity contribution in [1.29, 1.82) is 0 Å². The quantitative estimate of drug-likeness (QED) is 0.863. The van der Waals surface area contributed by atoms with Crippen LogP contribution in [0.1, 0.15) is 56.1 Å². The summed E-state index contributed by atoms with van der Waals surface area (Å²) in [5.74, 6) is -0.935. The van der Waals surface area contributed by atoms with Crippen LogP contribution in [0.4, 0.5) is 4.79 Å². The number of fused-ring (bicyclic) bond motifs is 1. The second-order valence-electron chi connectivity index (χ2n) is 7.37. The lowest BCUT2D eigenvalue weighted by Gasteiger charge is -2.40. The van der Waals surface area contributed by atoms with Crippen LogP contribution in [0.3, 0.4) is 0 Å². The van der Waals surface area contributed by atoms with E-state index in [2.05, 4.69) is 0 Å². The van der Waals surface area contributed by atoms with E-state index in [1.807, 2.05) is 40.7 Å². The van der Waals surface area contributed by atoms with Crippen molar-refractivity contribution in [3.8, 4) is 0 Å². The van der Waals surface area contributed by atoms with Gasteiger partial charge < -0.3 is 14.7 Å². The zero-order valence-corrected chi connectivity index (χ0v) is 13.8. The molecule has 0 saturated heterocycles. The molecule has 0 unspecified atom stereocenters. The molecule has 0 bridgehead atoms. The predicted molar refractivity (Wildman–Crippen MR) is 83.1 cm³/mol. The largest absolute Gasteiger partial charge is 0.478 e. The molecule has 22 heavy (non-hydrogen) atoms. The number of carboxylic acids is 1. The van der Waals surface area contributed by atoms with Gasteiger partial charge >= 0.3 is 12.1 Å². The Hall–Kier alpha value is -2.04. The summed E-state index contributed by atoms with van der Waals surface area (Å²) in [5.41, 5.74) is 0.986. The van der Waals surface area contributed by atoms with Crippen LogP contribution in [-0.4, -0.2) is 34.2 Å². The fourth-order valence-electron chi connectivity index (χ4n) is 2.98. The molecule has 120 valence electrons. The molecule has 5 heteroatoms. The second-order valence-corrected chi connectivity index (χ2v) is 7.37. The highest BCUT2D eigenvalue weighted by Gasteiger charge is 2.38. The highest BCUT2D eigenvalue weighted by Crippen LogP contribution is 2.36. The number of hydrogen-bond donors (Lipinski definition) is 1. The van der Waals surface area contributed by atoms with E-state index in [0.717, 1.165) is 11.1 Å². The number of carbonyl (C=O) groups is 2. The number of benzene rings is 1. The van der Waals surface area contributed by atoms with Gasteiger partial charge in [-0.15, -0.1) is 0 Å². The van der Waals surface area contributed by atoms with Crippen molar-refractivity contribution in [1.82, 2.24) is 4.90 Å². The summed E-state index contributed by atoms with van der Waals surface area (Å²) in [5, 5.41) is 9.40. The zero-order valence-electron chi connectivity index (χ0n) is 13.8. The van der Waals surface area contributed by atoms with E-state index in [-0.39, 0.29) is 6.09 Å². The van der Waals surface area contributed by atoms with Crippen molar-refractivity contribution in [2.24, 2.45) is 0 Å². The molecular weight excluding hydrogens is 282 g/mol. The molecule has 1 heterocycles. The summed E-state index contributed by atoms with van der Waals surface area (Å²) in [6.07, 6.45) is -0.369. The van der Waals surface area contributed by atoms with Crippen LogP contribution in [0.15, 0.2) is 18.2 Å². The molecule has 0 fully saturated rings. The van der Waals surface area contributed by atoms with Crippen molar-refractivity contribution in [2.75, 3.05) is 6.54 Å². The lowest BCUT2D eigenvalue weighted by molar-refractivity contribution is 0.0173. The third-order valence-electron chi connectivity index (χ3n) is 3.66. The van der Waals surface area contributed by atoms with Gasteiger partial charge in [0.05, 0.1) is 5.56 Å². The summed E-state index contributed by atoms with van der Waals surface area (Å²) < 4.78 is 5.43. The van der Waals surface area contributed by atoms with Gasteiger partial charge in [0.25, 0.3) is 0 Å². The van der Waals surface area contributed by atoms with Gasteiger partial charge in [0.1, 0.15) is 5.60 Å². The van der Waals surface area contributed by atoms with Crippen molar-refractivity contribution < 1.29 is 19.4 Å². The number of aromatic carboxylic acids is 1. The standard InChI is InChI=1S/C17H23NO4/c1-16(2,3)22-15(21)18-9-11-7-6-8-12(14(19)20)13(11)17(4,5)10-18/h6-8H,9-10H2,1-5H3,(H,19,20). The van der Waals surface area contributed by atoms with E-state index in [9.17, 15) is 14.7 Å². The topological polar surface area (TPSA) is 66.8 Å². The number of carbonyl (C=O) groups excluding carboxylic acids is 1. The maximum Gasteiger partial charge on any atom is 0.410 e. The van der Waals surface area contributed by atoms with Gasteiger partial charge in [-0.2, -0.15) is 0 Å². The van der Waals surface area contributed by atoms with E-state index in [0.29, 0.717) is 18.7 Å². The zero-order chi connectivity index (χ0) is 16.7. The van der Waals surface area contributed by atoms with Crippen LogP contribution < -0.4 is 0 Å². The summed E-state index contributed by atoms with van der Waals surface area (Å²) in [4.78, 5) is 25.4. The first-order chi connectivity index (χ1) is 10.0. The van der Waals surface area contributed by atoms with E-state index in [1.54, 1.807) is 17.0 Å². The number of rotatable bonds is 1. The fraction of sp³-hybridized carbons (Fsp3) is 0.529. The highest BCUT2D eigenvalue weighted by atomic mass is 16.6. The number of ether oxygens (including phenoxy) is 1. The van der Waals surface area contributed by atoms with Gasteiger partial charge in [-0.1, -0.05) is 26.0 Å². The van der Waals surface area contributed by atoms with Crippen LogP contribution in [-0.2, 0) is 16.7 Å². The summed E-state index contributed by atoms with van der Waals surface area (Å²) >= 11 is 0. The number of nitrogens with zero attached hydrogens (tertiary/aromatic N) is 1. The Morgan fingerprint density at radius 3 is 2.45 bits per heavy atom. The summed E-state index contributed by atoms with van der Waals surface area (Å²) in [6.45, 7) is 10.2. The van der Waals surface area contributed by atoms with Gasteiger partial charge in [-0.3, -0.25) is 0 Å². The number of amides is 1. The van der Waals surface area contributed by atoms with E-state index in [1.165, 1.54) is 0 Å². The SMILES string of the molecule is CC(C)(C)OC(=O)N1Cc2cccc(C(=O)O)c2C(C)(C)C1. The normalized spacial score (nSPS) is 16.9. The Morgan fingerprint density at radius 2 is 1.91 bits per heavy atom. The van der Waals surface area contributed by atoms with Crippen LogP contribution >= 0.6 is 0 Å². The average molecular weight is 305 g/mol. The molecule has 1 aromatic carbocycles. The third-order valence-corrected chi connectivity index (χ3v) is 3.66. The average Bonchev–Trinajstić information content (AvgIpc) is 2.34. The lowest BCUT2D eigenvalue weighted by atomic mass is 9.76. The second kappa shape index (κ2) is 5.30. The molecule has 1 N–H and O–H groups in total. The predicted octanol–water partition coefficient (Wildman–Crippen LogP) is 3.41. The van der Waals surface area contributed by atoms with E-state index < -0.39 is 17.0 Å². The summed E-state index contributed by atoms with van der Waals surface area (Å²) in [6, 6.07) is 5.21. The molecule has 0 aromatic heterocycles.